The lowest BCUT2D eigenvalue weighted by molar-refractivity contribution is -0.142. The van der Waals surface area contributed by atoms with Crippen LogP contribution in [0.1, 0.15) is 97.8 Å². The molecule has 234 valence electrons. The zero-order chi connectivity index (χ0) is 30.7. The van der Waals surface area contributed by atoms with Crippen molar-refractivity contribution < 1.29 is 33.5 Å². The third-order valence-electron chi connectivity index (χ3n) is 9.16. The second kappa shape index (κ2) is 13.0. The third-order valence-corrected chi connectivity index (χ3v) is 9.16. The van der Waals surface area contributed by atoms with Gasteiger partial charge in [-0.05, 0) is 50.9 Å². The van der Waals surface area contributed by atoms with Crippen molar-refractivity contribution in [2.24, 2.45) is 23.0 Å². The van der Waals surface area contributed by atoms with Crippen LogP contribution in [0.4, 0.5) is 4.79 Å². The molecular formula is C30H47N5O7. The second-order valence-corrected chi connectivity index (χ2v) is 13.8. The normalized spacial score (nSPS) is 23.9. The van der Waals surface area contributed by atoms with Crippen molar-refractivity contribution in [2.75, 3.05) is 13.1 Å². The molecule has 4 aliphatic rings. The monoisotopic (exact) mass is 589 g/mol. The van der Waals surface area contributed by atoms with Gasteiger partial charge in [0.2, 0.25) is 17.6 Å². The minimum Gasteiger partial charge on any atom is -0.436 e. The molecule has 5 N–H and O–H groups in total. The number of Topliss-reactive ketones (excluding diaryl/α,β-unsaturated/α-hetero) is 1. The summed E-state index contributed by atoms with van der Waals surface area (Å²) in [5.41, 5.74) is 4.26. The van der Waals surface area contributed by atoms with Crippen LogP contribution >= 0.6 is 0 Å². The summed E-state index contributed by atoms with van der Waals surface area (Å²) in [6, 6.07) is -1.33. The Balaban J connectivity index is 1.44. The van der Waals surface area contributed by atoms with Crippen molar-refractivity contribution in [3.8, 4) is 0 Å². The van der Waals surface area contributed by atoms with E-state index in [-0.39, 0.29) is 36.6 Å². The lowest BCUT2D eigenvalue weighted by Crippen LogP contribution is -2.53. The molecule has 2 aliphatic heterocycles. The number of likely N-dealkylation sites (tertiary alicyclic amines) is 1. The SMILES string of the molecule is CC(C)(C)C(=O)N1CCC2(CC1)CC(CC(NC(=O)C(CC1CCCCC1)OC(N)=O)C(=O)C(=O)NC1CC1)C(=O)N2. The van der Waals surface area contributed by atoms with Crippen molar-refractivity contribution in [2.45, 2.75) is 122 Å². The number of hydrogen-bond donors (Lipinski definition) is 4. The smallest absolute Gasteiger partial charge is 0.405 e. The van der Waals surface area contributed by atoms with E-state index in [9.17, 15) is 28.8 Å². The molecule has 1 spiro atoms. The summed E-state index contributed by atoms with van der Waals surface area (Å²) in [4.78, 5) is 78.8. The van der Waals surface area contributed by atoms with Crippen LogP contribution in [-0.2, 0) is 28.7 Å². The van der Waals surface area contributed by atoms with Crippen LogP contribution in [0.5, 0.6) is 0 Å². The highest BCUT2D eigenvalue weighted by Crippen LogP contribution is 2.37. The molecule has 12 heteroatoms. The van der Waals surface area contributed by atoms with Crippen molar-refractivity contribution in [1.82, 2.24) is 20.9 Å². The molecule has 42 heavy (non-hydrogen) atoms. The Morgan fingerprint density at radius 2 is 1.67 bits per heavy atom. The molecule has 0 bridgehead atoms. The van der Waals surface area contributed by atoms with E-state index in [1.807, 2.05) is 25.7 Å². The van der Waals surface area contributed by atoms with Crippen LogP contribution in [0, 0.1) is 17.3 Å². The van der Waals surface area contributed by atoms with Crippen LogP contribution in [-0.4, -0.2) is 77.2 Å². The molecule has 5 amide bonds. The number of hydrogen-bond acceptors (Lipinski definition) is 7. The van der Waals surface area contributed by atoms with E-state index < -0.39 is 52.7 Å². The van der Waals surface area contributed by atoms with Gasteiger partial charge in [-0.3, -0.25) is 24.0 Å². The van der Waals surface area contributed by atoms with E-state index in [1.54, 1.807) is 0 Å². The number of ketones is 1. The number of carbonyl (C=O) groups excluding carboxylic acids is 6. The maximum absolute atomic E-state index is 13.4. The van der Waals surface area contributed by atoms with Crippen molar-refractivity contribution in [3.63, 3.8) is 0 Å². The lowest BCUT2D eigenvalue weighted by atomic mass is 9.81. The number of primary amides is 1. The fourth-order valence-electron chi connectivity index (χ4n) is 6.61. The molecule has 3 unspecified atom stereocenters. The van der Waals surface area contributed by atoms with Crippen LogP contribution in [0.3, 0.4) is 0 Å². The summed E-state index contributed by atoms with van der Waals surface area (Å²) >= 11 is 0. The first-order valence-corrected chi connectivity index (χ1v) is 15.5. The molecule has 2 saturated carbocycles. The summed E-state index contributed by atoms with van der Waals surface area (Å²) < 4.78 is 5.17. The fraction of sp³-hybridized carbons (Fsp3) is 0.800. The van der Waals surface area contributed by atoms with Gasteiger partial charge in [-0.1, -0.05) is 52.9 Å². The summed E-state index contributed by atoms with van der Waals surface area (Å²) in [5, 5.41) is 8.42. The van der Waals surface area contributed by atoms with Crippen LogP contribution < -0.4 is 21.7 Å². The first kappa shape index (κ1) is 31.7. The summed E-state index contributed by atoms with van der Waals surface area (Å²) in [6.45, 7) is 6.67. The minimum atomic E-state index is -1.27. The van der Waals surface area contributed by atoms with Gasteiger partial charge in [-0.2, -0.15) is 0 Å². The maximum Gasteiger partial charge on any atom is 0.405 e. The Kier molecular flexibility index (Phi) is 9.82. The quantitative estimate of drug-likeness (QED) is 0.280. The van der Waals surface area contributed by atoms with E-state index in [0.717, 1.165) is 44.9 Å². The Hall–Kier alpha value is -3.18. The second-order valence-electron chi connectivity index (χ2n) is 13.8. The molecule has 12 nitrogen and oxygen atoms in total. The third kappa shape index (κ3) is 8.22. The van der Waals surface area contributed by atoms with Gasteiger partial charge in [0.25, 0.3) is 11.8 Å². The zero-order valence-corrected chi connectivity index (χ0v) is 25.2. The number of nitrogens with zero attached hydrogens (tertiary/aromatic N) is 1. The molecule has 2 aliphatic carbocycles. The van der Waals surface area contributed by atoms with Crippen LogP contribution in [0.25, 0.3) is 0 Å². The molecule has 4 rings (SSSR count). The number of nitrogens with one attached hydrogen (secondary N) is 3. The van der Waals surface area contributed by atoms with Gasteiger partial charge in [-0.25, -0.2) is 4.79 Å². The van der Waals surface area contributed by atoms with E-state index in [0.29, 0.717) is 32.4 Å². The topological polar surface area (TPSA) is 177 Å². The Morgan fingerprint density at radius 3 is 2.24 bits per heavy atom. The number of nitrogens with two attached hydrogens (primary N) is 1. The first-order valence-electron chi connectivity index (χ1n) is 15.5. The summed E-state index contributed by atoms with van der Waals surface area (Å²) in [6.07, 6.45) is 6.08. The van der Waals surface area contributed by atoms with Crippen molar-refractivity contribution >= 4 is 35.5 Å². The van der Waals surface area contributed by atoms with Gasteiger partial charge < -0.3 is 31.3 Å². The van der Waals surface area contributed by atoms with Crippen molar-refractivity contribution in [3.05, 3.63) is 0 Å². The molecular weight excluding hydrogens is 542 g/mol. The molecule has 0 aromatic carbocycles. The van der Waals surface area contributed by atoms with Crippen molar-refractivity contribution in [1.29, 1.82) is 0 Å². The Labute approximate surface area is 247 Å². The molecule has 2 heterocycles. The average molecular weight is 590 g/mol. The predicted molar refractivity (Wildman–Crippen MR) is 153 cm³/mol. The van der Waals surface area contributed by atoms with Gasteiger partial charge in [0.15, 0.2) is 6.10 Å². The van der Waals surface area contributed by atoms with Gasteiger partial charge in [0.05, 0.1) is 6.04 Å². The van der Waals surface area contributed by atoms with E-state index in [1.165, 1.54) is 0 Å². The van der Waals surface area contributed by atoms with E-state index in [2.05, 4.69) is 16.0 Å². The molecule has 0 aromatic rings. The van der Waals surface area contributed by atoms with Gasteiger partial charge in [0, 0.05) is 36.0 Å². The van der Waals surface area contributed by atoms with E-state index in [4.69, 9.17) is 10.5 Å². The van der Waals surface area contributed by atoms with Crippen LogP contribution in [0.2, 0.25) is 0 Å². The van der Waals surface area contributed by atoms with E-state index >= 15 is 0 Å². The largest absolute Gasteiger partial charge is 0.436 e. The fourth-order valence-corrected chi connectivity index (χ4v) is 6.61. The standard InChI is InChI=1S/C30H47N5O7/c1-29(2,3)27(40)35-13-11-30(12-14-35)17-19(24(37)34-30)16-21(23(36)26(39)32-20-9-10-20)33-25(38)22(42-28(31)41)15-18-7-5-4-6-8-18/h18-22H,4-17H2,1-3H3,(H2,31,41)(H,32,39)(H,33,38)(H,34,37). The molecule has 4 fully saturated rings. The first-order chi connectivity index (χ1) is 19.8. The van der Waals surface area contributed by atoms with Gasteiger partial charge >= 0.3 is 6.09 Å². The number of piperidine rings is 1. The Morgan fingerprint density at radius 1 is 1.02 bits per heavy atom. The summed E-state index contributed by atoms with van der Waals surface area (Å²) in [5.74, 6) is -2.94. The lowest BCUT2D eigenvalue weighted by Gasteiger charge is -2.41. The zero-order valence-electron chi connectivity index (χ0n) is 25.2. The highest BCUT2D eigenvalue weighted by molar-refractivity contribution is 6.38. The number of ether oxygens (including phenoxy) is 1. The highest BCUT2D eigenvalue weighted by Gasteiger charge is 2.48. The molecule has 3 atom stereocenters. The number of rotatable bonds is 10. The minimum absolute atomic E-state index is 0.0610. The van der Waals surface area contributed by atoms with Crippen LogP contribution in [0.15, 0.2) is 0 Å². The number of amides is 5. The molecule has 2 saturated heterocycles. The highest BCUT2D eigenvalue weighted by atomic mass is 16.6. The number of carbonyl (C=O) groups is 6. The Bertz CT molecular complexity index is 1070. The predicted octanol–water partition coefficient (Wildman–Crippen LogP) is 1.69. The maximum atomic E-state index is 13.4. The average Bonchev–Trinajstić information content (AvgIpc) is 3.69. The molecule has 0 radical (unpaired) electrons. The molecule has 0 aromatic heterocycles. The summed E-state index contributed by atoms with van der Waals surface area (Å²) in [7, 11) is 0. The van der Waals surface area contributed by atoms with Gasteiger partial charge in [0.1, 0.15) is 0 Å². The van der Waals surface area contributed by atoms with Gasteiger partial charge in [-0.15, -0.1) is 0 Å².